The molecule has 1 aromatic rings. The number of carbonyl (C=O) groups is 1. The molecule has 3 unspecified atom stereocenters. The topological polar surface area (TPSA) is 59.1 Å². The zero-order chi connectivity index (χ0) is 27.8. The van der Waals surface area contributed by atoms with Crippen molar-refractivity contribution < 1.29 is 9.90 Å². The first-order valence-electron chi connectivity index (χ1n) is 15.1. The van der Waals surface area contributed by atoms with Gasteiger partial charge in [-0.3, -0.25) is 9.69 Å². The van der Waals surface area contributed by atoms with Crippen LogP contribution in [0.15, 0.2) is 36.0 Å². The Morgan fingerprint density at radius 2 is 1.59 bits per heavy atom. The fourth-order valence-corrected chi connectivity index (χ4v) is 5.04. The van der Waals surface area contributed by atoms with E-state index < -0.39 is 6.23 Å². The number of rotatable bonds is 7. The van der Waals surface area contributed by atoms with Crippen molar-refractivity contribution in [3.05, 3.63) is 47.2 Å². The molecule has 3 aliphatic heterocycles. The van der Waals surface area contributed by atoms with E-state index in [0.717, 1.165) is 44.5 Å². The average Bonchev–Trinajstić information content (AvgIpc) is 3.41. The Labute approximate surface area is 228 Å². The highest BCUT2D eigenvalue weighted by Gasteiger charge is 2.41. The number of hydrogen-bond donors (Lipinski definition) is 2. The van der Waals surface area contributed by atoms with Crippen molar-refractivity contribution in [1.82, 2.24) is 20.2 Å². The van der Waals surface area contributed by atoms with E-state index >= 15 is 0 Å². The predicted molar refractivity (Wildman–Crippen MR) is 157 cm³/mol. The monoisotopic (exact) mass is 516 g/mol. The maximum absolute atomic E-state index is 12.9. The number of nitrogens with zero attached hydrogens (tertiary/aromatic N) is 3. The van der Waals surface area contributed by atoms with Crippen LogP contribution in [-0.4, -0.2) is 64.3 Å². The molecule has 2 N–H and O–H groups in total. The summed E-state index contributed by atoms with van der Waals surface area (Å²) < 4.78 is 0. The van der Waals surface area contributed by atoms with E-state index in [-0.39, 0.29) is 18.0 Å². The van der Waals surface area contributed by atoms with Gasteiger partial charge in [-0.05, 0) is 44.2 Å². The van der Waals surface area contributed by atoms with Gasteiger partial charge >= 0.3 is 0 Å². The minimum atomic E-state index is -0.751. The van der Waals surface area contributed by atoms with E-state index in [1.165, 1.54) is 30.4 Å². The zero-order valence-electron chi connectivity index (χ0n) is 25.1. The number of aryl methyl sites for hydroxylation is 1. The van der Waals surface area contributed by atoms with Gasteiger partial charge in [0.05, 0.1) is 24.3 Å². The van der Waals surface area contributed by atoms with Crippen molar-refractivity contribution in [2.75, 3.05) is 26.2 Å². The number of aliphatic hydroxyl groups excluding tert-OH is 1. The molecule has 0 spiro atoms. The van der Waals surface area contributed by atoms with Crippen molar-refractivity contribution in [2.24, 2.45) is 0 Å². The molecule has 0 aliphatic carbocycles. The average molecular weight is 517 g/mol. The number of hydrogen-bond acceptors (Lipinski definition) is 5. The lowest BCUT2D eigenvalue weighted by atomic mass is 10.0. The van der Waals surface area contributed by atoms with Crippen LogP contribution in [0.1, 0.15) is 111 Å². The SMILES string of the molecule is CC.CC.CC.CCCCCC1CN(CC(=O)N2CCCCC2)C(O)C2=CC(c3ccc(C)cc3)NN21. The van der Waals surface area contributed by atoms with E-state index in [1.807, 2.05) is 51.3 Å². The molecule has 2 fully saturated rings. The summed E-state index contributed by atoms with van der Waals surface area (Å²) in [5.74, 6) is 0.154. The number of hydrazine groups is 1. The van der Waals surface area contributed by atoms with Crippen LogP contribution in [0.25, 0.3) is 0 Å². The molecule has 6 heteroatoms. The van der Waals surface area contributed by atoms with Gasteiger partial charge in [-0.2, -0.15) is 0 Å². The fourth-order valence-electron chi connectivity index (χ4n) is 5.04. The zero-order valence-corrected chi connectivity index (χ0v) is 25.1. The number of unbranched alkanes of at least 4 members (excludes halogenated alkanes) is 2. The summed E-state index contributed by atoms with van der Waals surface area (Å²) in [6, 6.07) is 8.87. The summed E-state index contributed by atoms with van der Waals surface area (Å²) >= 11 is 0. The highest BCUT2D eigenvalue weighted by molar-refractivity contribution is 5.78. The Balaban J connectivity index is 0.00000106. The van der Waals surface area contributed by atoms with Crippen LogP contribution >= 0.6 is 0 Å². The van der Waals surface area contributed by atoms with E-state index in [2.05, 4.69) is 54.6 Å². The number of likely N-dealkylation sites (tertiary alicyclic amines) is 1. The second-order valence-corrected chi connectivity index (χ2v) is 9.37. The number of nitrogens with one attached hydrogen (secondary N) is 1. The van der Waals surface area contributed by atoms with Crippen LogP contribution in [0.3, 0.4) is 0 Å². The first-order chi connectivity index (χ1) is 18.1. The van der Waals surface area contributed by atoms with Crippen molar-refractivity contribution in [1.29, 1.82) is 0 Å². The van der Waals surface area contributed by atoms with Crippen LogP contribution < -0.4 is 5.43 Å². The summed E-state index contributed by atoms with van der Waals surface area (Å²) in [6.45, 7) is 19.0. The molecule has 4 rings (SSSR count). The van der Waals surface area contributed by atoms with Gasteiger partial charge < -0.3 is 15.0 Å². The molecule has 0 aromatic heterocycles. The number of amides is 1. The smallest absolute Gasteiger partial charge is 0.236 e. The largest absolute Gasteiger partial charge is 0.372 e. The lowest BCUT2D eigenvalue weighted by molar-refractivity contribution is -0.138. The van der Waals surface area contributed by atoms with Crippen LogP contribution in [-0.2, 0) is 4.79 Å². The summed E-state index contributed by atoms with van der Waals surface area (Å²) in [4.78, 5) is 16.9. The molecule has 6 nitrogen and oxygen atoms in total. The highest BCUT2D eigenvalue weighted by atomic mass is 16.3. The van der Waals surface area contributed by atoms with Crippen molar-refractivity contribution in [2.45, 2.75) is 119 Å². The Morgan fingerprint density at radius 1 is 0.973 bits per heavy atom. The number of piperazine rings is 1. The highest BCUT2D eigenvalue weighted by Crippen LogP contribution is 2.34. The Bertz CT molecular complexity index is 774. The lowest BCUT2D eigenvalue weighted by Gasteiger charge is -2.45. The number of fused-ring (bicyclic) bond motifs is 1. The van der Waals surface area contributed by atoms with Crippen LogP contribution in [0, 0.1) is 6.92 Å². The Hall–Kier alpha value is -1.89. The van der Waals surface area contributed by atoms with Crippen molar-refractivity contribution >= 4 is 5.91 Å². The molecule has 3 heterocycles. The lowest BCUT2D eigenvalue weighted by Crippen LogP contribution is -2.60. The van der Waals surface area contributed by atoms with Gasteiger partial charge in [0.25, 0.3) is 0 Å². The fraction of sp³-hybridized carbons (Fsp3) is 0.710. The summed E-state index contributed by atoms with van der Waals surface area (Å²) in [6.07, 6.45) is 9.40. The van der Waals surface area contributed by atoms with Crippen LogP contribution in [0.5, 0.6) is 0 Å². The van der Waals surface area contributed by atoms with E-state index in [0.29, 0.717) is 13.1 Å². The van der Waals surface area contributed by atoms with Crippen LogP contribution in [0.2, 0.25) is 0 Å². The third-order valence-electron chi connectivity index (χ3n) is 6.94. The van der Waals surface area contributed by atoms with Gasteiger partial charge in [0.15, 0.2) is 0 Å². The number of piperidine rings is 1. The molecule has 212 valence electrons. The first kappa shape index (κ1) is 33.1. The predicted octanol–water partition coefficient (Wildman–Crippen LogP) is 6.41. The summed E-state index contributed by atoms with van der Waals surface area (Å²) in [5.41, 5.74) is 6.97. The molecule has 37 heavy (non-hydrogen) atoms. The van der Waals surface area contributed by atoms with E-state index in [4.69, 9.17) is 0 Å². The molecule has 2 saturated heterocycles. The molecule has 0 saturated carbocycles. The van der Waals surface area contributed by atoms with Gasteiger partial charge in [-0.25, -0.2) is 5.43 Å². The quantitative estimate of drug-likeness (QED) is 0.410. The second kappa shape index (κ2) is 18.4. The Morgan fingerprint density at radius 3 is 2.19 bits per heavy atom. The first-order valence-corrected chi connectivity index (χ1v) is 15.1. The normalized spacial score (nSPS) is 22.8. The molecule has 1 amide bonds. The molecule has 0 bridgehead atoms. The maximum Gasteiger partial charge on any atom is 0.236 e. The van der Waals surface area contributed by atoms with E-state index in [9.17, 15) is 9.90 Å². The van der Waals surface area contributed by atoms with Gasteiger partial charge in [0.1, 0.15) is 6.23 Å². The number of benzene rings is 1. The molecule has 0 radical (unpaired) electrons. The third kappa shape index (κ3) is 9.42. The third-order valence-corrected chi connectivity index (χ3v) is 6.94. The standard InChI is InChI=1S/C25H38N4O2.3C2H6/c1-3-4-6-9-21-17-28(18-24(30)27-14-7-5-8-15-27)25(31)23-16-22(26-29(21)23)20-12-10-19(2)11-13-20;3*1-2/h10-13,16,21-22,25-26,31H,3-9,14-15,17-18H2,1-2H3;3*1-2H3. The molecule has 1 aromatic carbocycles. The Kier molecular flexibility index (Phi) is 16.5. The van der Waals surface area contributed by atoms with Gasteiger partial charge in [0.2, 0.25) is 5.91 Å². The summed E-state index contributed by atoms with van der Waals surface area (Å²) in [7, 11) is 0. The van der Waals surface area contributed by atoms with Gasteiger partial charge in [0, 0.05) is 19.6 Å². The number of carbonyl (C=O) groups excluding carboxylic acids is 1. The minimum Gasteiger partial charge on any atom is -0.372 e. The van der Waals surface area contributed by atoms with E-state index in [1.54, 1.807) is 0 Å². The van der Waals surface area contributed by atoms with Crippen molar-refractivity contribution in [3.63, 3.8) is 0 Å². The maximum atomic E-state index is 12.9. The van der Waals surface area contributed by atoms with Gasteiger partial charge in [-0.1, -0.05) is 97.6 Å². The summed E-state index contributed by atoms with van der Waals surface area (Å²) in [5, 5.41) is 13.4. The molecular formula is C31H56N4O2. The second-order valence-electron chi connectivity index (χ2n) is 9.37. The number of aliphatic hydroxyl groups is 1. The minimum absolute atomic E-state index is 0.0525. The van der Waals surface area contributed by atoms with Crippen LogP contribution in [0.4, 0.5) is 0 Å². The molecular weight excluding hydrogens is 460 g/mol. The van der Waals surface area contributed by atoms with Gasteiger partial charge in [-0.15, -0.1) is 0 Å². The molecule has 3 atom stereocenters. The molecule has 3 aliphatic rings. The van der Waals surface area contributed by atoms with Crippen molar-refractivity contribution in [3.8, 4) is 0 Å².